The van der Waals surface area contributed by atoms with E-state index in [9.17, 15) is 18.0 Å². The van der Waals surface area contributed by atoms with Crippen molar-refractivity contribution >= 4 is 26.8 Å². The molecular formula is C17H24N4O4S. The van der Waals surface area contributed by atoms with Crippen LogP contribution in [0.15, 0.2) is 34.0 Å². The van der Waals surface area contributed by atoms with Gasteiger partial charge in [-0.25, -0.2) is 8.42 Å². The number of nitrogens with one attached hydrogen (secondary N) is 3. The van der Waals surface area contributed by atoms with E-state index in [1.165, 1.54) is 28.6 Å². The molecule has 142 valence electrons. The fourth-order valence-electron chi connectivity index (χ4n) is 2.69. The highest BCUT2D eigenvalue weighted by atomic mass is 32.2. The summed E-state index contributed by atoms with van der Waals surface area (Å²) in [6.07, 6.45) is 0. The first-order valence-corrected chi connectivity index (χ1v) is 9.89. The highest BCUT2D eigenvalue weighted by Crippen LogP contribution is 2.22. The molecule has 1 amide bonds. The van der Waals surface area contributed by atoms with Crippen LogP contribution in [-0.2, 0) is 10.0 Å². The summed E-state index contributed by atoms with van der Waals surface area (Å²) in [4.78, 5) is 27.0. The van der Waals surface area contributed by atoms with Gasteiger partial charge in [0.1, 0.15) is 0 Å². The minimum Gasteiger partial charge on any atom is -0.351 e. The van der Waals surface area contributed by atoms with Gasteiger partial charge in [-0.15, -0.1) is 0 Å². The zero-order chi connectivity index (χ0) is 19.3. The number of amides is 1. The van der Waals surface area contributed by atoms with Crippen molar-refractivity contribution < 1.29 is 13.2 Å². The Morgan fingerprint density at radius 2 is 1.85 bits per heavy atom. The van der Waals surface area contributed by atoms with Gasteiger partial charge < -0.3 is 15.6 Å². The molecule has 26 heavy (non-hydrogen) atoms. The Hall–Kier alpha value is -2.23. The molecule has 2 aromatic rings. The van der Waals surface area contributed by atoms with Crippen molar-refractivity contribution in [2.45, 2.75) is 18.7 Å². The largest absolute Gasteiger partial charge is 0.351 e. The average Bonchev–Trinajstić information content (AvgIpc) is 2.61. The van der Waals surface area contributed by atoms with Crippen LogP contribution in [0.3, 0.4) is 0 Å². The molecule has 0 fully saturated rings. The van der Waals surface area contributed by atoms with Crippen molar-refractivity contribution in [2.75, 3.05) is 33.2 Å². The quantitative estimate of drug-likeness (QED) is 0.578. The highest BCUT2D eigenvalue weighted by molar-refractivity contribution is 7.89. The number of fused-ring (bicyclic) bond motifs is 1. The number of H-pyrrole nitrogens is 1. The van der Waals surface area contributed by atoms with Crippen molar-refractivity contribution in [3.05, 3.63) is 40.2 Å². The highest BCUT2D eigenvalue weighted by Gasteiger charge is 2.23. The third-order valence-corrected chi connectivity index (χ3v) is 6.11. The maximum atomic E-state index is 12.7. The van der Waals surface area contributed by atoms with Crippen LogP contribution in [0.1, 0.15) is 24.2 Å². The second kappa shape index (κ2) is 8.43. The number of benzene rings is 1. The van der Waals surface area contributed by atoms with E-state index in [1.54, 1.807) is 20.9 Å². The Balaban J connectivity index is 2.57. The molecule has 0 radical (unpaired) electrons. The molecule has 0 aliphatic carbocycles. The van der Waals surface area contributed by atoms with Gasteiger partial charge in [0.2, 0.25) is 15.6 Å². The van der Waals surface area contributed by atoms with Crippen LogP contribution in [0.25, 0.3) is 10.9 Å². The number of pyridine rings is 1. The summed E-state index contributed by atoms with van der Waals surface area (Å²) in [5.74, 6) is -0.422. The van der Waals surface area contributed by atoms with Crippen LogP contribution >= 0.6 is 0 Å². The van der Waals surface area contributed by atoms with Gasteiger partial charge in [0.15, 0.2) is 0 Å². The number of aromatic amines is 1. The molecule has 0 unspecified atom stereocenters. The van der Waals surface area contributed by atoms with E-state index < -0.39 is 21.5 Å². The second-order valence-corrected chi connectivity index (χ2v) is 7.64. The van der Waals surface area contributed by atoms with Crippen molar-refractivity contribution in [3.8, 4) is 0 Å². The van der Waals surface area contributed by atoms with Crippen LogP contribution in [0.4, 0.5) is 0 Å². The first-order valence-electron chi connectivity index (χ1n) is 8.45. The predicted octanol–water partition coefficient (Wildman–Crippen LogP) is 0.508. The normalized spacial score (nSPS) is 11.8. The molecule has 0 bridgehead atoms. The van der Waals surface area contributed by atoms with E-state index in [4.69, 9.17) is 0 Å². The molecule has 0 aliphatic heterocycles. The summed E-state index contributed by atoms with van der Waals surface area (Å²) in [7, 11) is -1.90. The van der Waals surface area contributed by atoms with E-state index in [0.717, 1.165) is 0 Å². The van der Waals surface area contributed by atoms with Crippen LogP contribution in [0, 0.1) is 0 Å². The van der Waals surface area contributed by atoms with Crippen LogP contribution < -0.4 is 16.2 Å². The lowest BCUT2D eigenvalue weighted by Gasteiger charge is -2.19. The van der Waals surface area contributed by atoms with Gasteiger partial charge in [0.25, 0.3) is 5.91 Å². The summed E-state index contributed by atoms with van der Waals surface area (Å²) in [5, 5.41) is 6.01. The van der Waals surface area contributed by atoms with Crippen LogP contribution in [0.5, 0.6) is 0 Å². The SMILES string of the molecule is CCN(CC)S(=O)(=O)c1ccc2[nH]c(=O)cc(C(=O)NCCNC)c2c1. The molecule has 8 nitrogen and oxygen atoms in total. The Morgan fingerprint density at radius 3 is 2.46 bits per heavy atom. The number of nitrogens with zero attached hydrogens (tertiary/aromatic N) is 1. The molecule has 3 N–H and O–H groups in total. The van der Waals surface area contributed by atoms with E-state index in [-0.39, 0.29) is 10.5 Å². The Labute approximate surface area is 152 Å². The van der Waals surface area contributed by atoms with Crippen LogP contribution in [-0.4, -0.2) is 56.8 Å². The number of likely N-dealkylation sites (N-methyl/N-ethyl adjacent to an activating group) is 1. The zero-order valence-corrected chi connectivity index (χ0v) is 15.9. The van der Waals surface area contributed by atoms with Crippen molar-refractivity contribution in [3.63, 3.8) is 0 Å². The van der Waals surface area contributed by atoms with E-state index in [2.05, 4.69) is 15.6 Å². The summed E-state index contributed by atoms with van der Waals surface area (Å²) in [6, 6.07) is 5.57. The van der Waals surface area contributed by atoms with Crippen LogP contribution in [0.2, 0.25) is 0 Å². The van der Waals surface area contributed by atoms with E-state index in [1.807, 2.05) is 0 Å². The summed E-state index contributed by atoms with van der Waals surface area (Å²) >= 11 is 0. The molecule has 1 aromatic carbocycles. The molecule has 0 spiro atoms. The third-order valence-electron chi connectivity index (χ3n) is 4.06. The maximum Gasteiger partial charge on any atom is 0.252 e. The molecule has 0 saturated heterocycles. The van der Waals surface area contributed by atoms with Gasteiger partial charge in [-0.05, 0) is 25.2 Å². The monoisotopic (exact) mass is 380 g/mol. The molecule has 1 heterocycles. The number of hydrogen-bond acceptors (Lipinski definition) is 5. The topological polar surface area (TPSA) is 111 Å². The molecule has 1 aromatic heterocycles. The van der Waals surface area contributed by atoms with E-state index >= 15 is 0 Å². The lowest BCUT2D eigenvalue weighted by molar-refractivity contribution is 0.0955. The number of sulfonamides is 1. The Bertz CT molecular complexity index is 949. The number of rotatable bonds is 8. The van der Waals surface area contributed by atoms with Crippen molar-refractivity contribution in [2.24, 2.45) is 0 Å². The molecule has 0 aliphatic rings. The summed E-state index contributed by atoms with van der Waals surface area (Å²) in [6.45, 7) is 5.19. The van der Waals surface area contributed by atoms with E-state index in [0.29, 0.717) is 37.1 Å². The van der Waals surface area contributed by atoms with Gasteiger partial charge in [-0.2, -0.15) is 4.31 Å². The summed E-state index contributed by atoms with van der Waals surface area (Å²) in [5.41, 5.74) is 0.141. The second-order valence-electron chi connectivity index (χ2n) is 5.70. The fourth-order valence-corrected chi connectivity index (χ4v) is 4.17. The maximum absolute atomic E-state index is 12.7. The third kappa shape index (κ3) is 4.12. The average molecular weight is 380 g/mol. The molecule has 0 saturated carbocycles. The van der Waals surface area contributed by atoms with Gasteiger partial charge in [0.05, 0.1) is 10.5 Å². The van der Waals surface area contributed by atoms with Gasteiger partial charge >= 0.3 is 0 Å². The Morgan fingerprint density at radius 1 is 1.15 bits per heavy atom. The number of hydrogen-bond donors (Lipinski definition) is 3. The smallest absolute Gasteiger partial charge is 0.252 e. The Kier molecular flexibility index (Phi) is 6.52. The first kappa shape index (κ1) is 20.1. The minimum absolute atomic E-state index is 0.0880. The summed E-state index contributed by atoms with van der Waals surface area (Å²) < 4.78 is 26.8. The van der Waals surface area contributed by atoms with Gasteiger partial charge in [-0.1, -0.05) is 13.8 Å². The minimum atomic E-state index is -3.67. The number of aromatic nitrogens is 1. The van der Waals surface area contributed by atoms with Crippen molar-refractivity contribution in [1.82, 2.24) is 19.9 Å². The lowest BCUT2D eigenvalue weighted by Crippen LogP contribution is -2.31. The molecule has 0 atom stereocenters. The van der Waals surface area contributed by atoms with Gasteiger partial charge in [-0.3, -0.25) is 9.59 Å². The molecule has 2 rings (SSSR count). The predicted molar refractivity (Wildman–Crippen MR) is 101 cm³/mol. The fraction of sp³-hybridized carbons (Fsp3) is 0.412. The molecule has 9 heteroatoms. The van der Waals surface area contributed by atoms with Crippen molar-refractivity contribution in [1.29, 1.82) is 0 Å². The van der Waals surface area contributed by atoms with Gasteiger partial charge in [0, 0.05) is 43.1 Å². The zero-order valence-electron chi connectivity index (χ0n) is 15.1. The number of carbonyl (C=O) groups is 1. The standard InChI is InChI=1S/C17H24N4O4S/c1-4-21(5-2)26(24,25)12-6-7-15-13(10-12)14(11-16(22)20-15)17(23)19-9-8-18-3/h6-7,10-11,18H,4-5,8-9H2,1-3H3,(H,19,23)(H,20,22). The number of carbonyl (C=O) groups excluding carboxylic acids is 1. The lowest BCUT2D eigenvalue weighted by atomic mass is 10.1. The molecular weight excluding hydrogens is 356 g/mol. The first-order chi connectivity index (χ1) is 12.3.